The molecule has 3 rings (SSSR count). The number of hydrogen-bond acceptors (Lipinski definition) is 6. The average Bonchev–Trinajstić information content (AvgIpc) is 2.81. The van der Waals surface area contributed by atoms with E-state index in [1.54, 1.807) is 28.7 Å². The number of nitrogens with one attached hydrogen (secondary N) is 1. The molecule has 1 fully saturated rings. The zero-order valence-electron chi connectivity index (χ0n) is 13.5. The summed E-state index contributed by atoms with van der Waals surface area (Å²) in [6.07, 6.45) is 7.52. The molecule has 126 valence electrons. The number of anilines is 1. The van der Waals surface area contributed by atoms with Gasteiger partial charge in [-0.3, -0.25) is 4.79 Å². The van der Waals surface area contributed by atoms with Crippen molar-refractivity contribution in [3.8, 4) is 0 Å². The highest BCUT2D eigenvalue weighted by Gasteiger charge is 2.26. The second-order valence-electron chi connectivity index (χ2n) is 6.02. The minimum Gasteiger partial charge on any atom is -0.362 e. The van der Waals surface area contributed by atoms with Crippen molar-refractivity contribution < 1.29 is 4.74 Å². The van der Waals surface area contributed by atoms with E-state index in [9.17, 15) is 4.79 Å². The van der Waals surface area contributed by atoms with Crippen molar-refractivity contribution in [2.24, 2.45) is 0 Å². The van der Waals surface area contributed by atoms with Crippen LogP contribution in [0.15, 0.2) is 28.7 Å². The van der Waals surface area contributed by atoms with Crippen LogP contribution >= 0.6 is 11.8 Å². The second kappa shape index (κ2) is 7.51. The highest BCUT2D eigenvalue weighted by atomic mass is 32.2. The van der Waals surface area contributed by atoms with Crippen LogP contribution in [0.3, 0.4) is 0 Å². The standard InChI is InChI=1S/C16H24N4O2S/c1-16(4-2-13-23-16)22-12-11-20-10-7-18-14(15(20)21)19-8-3-5-17-6-9-19/h2,7,10,13,17H,3-6,8-9,11-12H2,1H3. The quantitative estimate of drug-likeness (QED) is 0.878. The molecule has 1 aromatic heterocycles. The number of thioether (sulfide) groups is 1. The molecule has 0 bridgehead atoms. The minimum atomic E-state index is -0.185. The summed E-state index contributed by atoms with van der Waals surface area (Å²) < 4.78 is 7.66. The van der Waals surface area contributed by atoms with E-state index in [-0.39, 0.29) is 10.5 Å². The van der Waals surface area contributed by atoms with Gasteiger partial charge in [-0.25, -0.2) is 4.98 Å². The van der Waals surface area contributed by atoms with E-state index in [1.807, 2.05) is 0 Å². The maximum absolute atomic E-state index is 12.7. The van der Waals surface area contributed by atoms with Gasteiger partial charge in [-0.05, 0) is 25.3 Å². The number of rotatable bonds is 5. The van der Waals surface area contributed by atoms with E-state index >= 15 is 0 Å². The fourth-order valence-electron chi connectivity index (χ4n) is 2.84. The Morgan fingerprint density at radius 2 is 2.35 bits per heavy atom. The van der Waals surface area contributed by atoms with Crippen LogP contribution in [0.25, 0.3) is 0 Å². The van der Waals surface area contributed by atoms with E-state index in [0.29, 0.717) is 19.0 Å². The van der Waals surface area contributed by atoms with Crippen LogP contribution in [0.2, 0.25) is 0 Å². The van der Waals surface area contributed by atoms with Gasteiger partial charge in [0.1, 0.15) is 4.93 Å². The summed E-state index contributed by atoms with van der Waals surface area (Å²) in [5, 5.41) is 5.42. The first kappa shape index (κ1) is 16.5. The van der Waals surface area contributed by atoms with Crippen molar-refractivity contribution in [3.63, 3.8) is 0 Å². The molecule has 0 radical (unpaired) electrons. The maximum Gasteiger partial charge on any atom is 0.293 e. The molecule has 1 unspecified atom stereocenters. The molecule has 0 aliphatic carbocycles. The third-order valence-electron chi connectivity index (χ3n) is 4.18. The third kappa shape index (κ3) is 4.16. The van der Waals surface area contributed by atoms with Gasteiger partial charge in [0, 0.05) is 45.0 Å². The third-order valence-corrected chi connectivity index (χ3v) is 5.29. The summed E-state index contributed by atoms with van der Waals surface area (Å²) in [6.45, 7) is 6.74. The molecule has 0 saturated carbocycles. The molecule has 3 heterocycles. The zero-order chi connectivity index (χ0) is 16.1. The van der Waals surface area contributed by atoms with E-state index in [1.165, 1.54) is 0 Å². The molecule has 1 aromatic rings. The number of hydrogen-bond donors (Lipinski definition) is 1. The first-order valence-electron chi connectivity index (χ1n) is 8.16. The molecule has 0 spiro atoms. The monoisotopic (exact) mass is 336 g/mol. The summed E-state index contributed by atoms with van der Waals surface area (Å²) in [5.41, 5.74) is -0.0275. The molecule has 23 heavy (non-hydrogen) atoms. The van der Waals surface area contributed by atoms with E-state index in [0.717, 1.165) is 39.0 Å². The fraction of sp³-hybridized carbons (Fsp3) is 0.625. The van der Waals surface area contributed by atoms with Gasteiger partial charge in [-0.15, -0.1) is 0 Å². The van der Waals surface area contributed by atoms with E-state index < -0.39 is 0 Å². The SMILES string of the molecule is CC1(OCCn2ccnc(N3CCCNCC3)c2=O)CC=CS1. The molecule has 7 heteroatoms. The molecule has 6 nitrogen and oxygen atoms in total. The normalized spacial score (nSPS) is 24.8. The Hall–Kier alpha value is -1.31. The van der Waals surface area contributed by atoms with Gasteiger partial charge in [0.25, 0.3) is 5.56 Å². The van der Waals surface area contributed by atoms with Gasteiger partial charge in [-0.2, -0.15) is 0 Å². The number of nitrogens with zero attached hydrogens (tertiary/aromatic N) is 3. The Bertz CT molecular complexity index is 600. The highest BCUT2D eigenvalue weighted by Crippen LogP contribution is 2.36. The van der Waals surface area contributed by atoms with Gasteiger partial charge in [0.15, 0.2) is 5.82 Å². The molecule has 1 N–H and O–H groups in total. The summed E-state index contributed by atoms with van der Waals surface area (Å²) in [5.74, 6) is 0.555. The van der Waals surface area contributed by atoms with Crippen LogP contribution in [-0.4, -0.2) is 47.3 Å². The Morgan fingerprint density at radius 1 is 1.43 bits per heavy atom. The van der Waals surface area contributed by atoms with Crippen LogP contribution in [0.1, 0.15) is 19.8 Å². The van der Waals surface area contributed by atoms with Gasteiger partial charge < -0.3 is 19.5 Å². The molecule has 0 aromatic carbocycles. The molecule has 1 saturated heterocycles. The predicted molar refractivity (Wildman–Crippen MR) is 93.9 cm³/mol. The van der Waals surface area contributed by atoms with Crippen molar-refractivity contribution in [2.75, 3.05) is 37.7 Å². The van der Waals surface area contributed by atoms with Crippen molar-refractivity contribution in [2.45, 2.75) is 31.2 Å². The maximum atomic E-state index is 12.7. The van der Waals surface area contributed by atoms with E-state index in [4.69, 9.17) is 4.74 Å². The molecule has 1 atom stereocenters. The Morgan fingerprint density at radius 3 is 3.17 bits per heavy atom. The lowest BCUT2D eigenvalue weighted by molar-refractivity contribution is 0.0378. The molecular weight excluding hydrogens is 312 g/mol. The van der Waals surface area contributed by atoms with Crippen molar-refractivity contribution in [1.29, 1.82) is 0 Å². The van der Waals surface area contributed by atoms with Crippen LogP contribution in [0.5, 0.6) is 0 Å². The summed E-state index contributed by atoms with van der Waals surface area (Å²) in [6, 6.07) is 0. The lowest BCUT2D eigenvalue weighted by Gasteiger charge is -2.24. The van der Waals surface area contributed by atoms with Crippen molar-refractivity contribution >= 4 is 17.6 Å². The minimum absolute atomic E-state index is 0.0275. The summed E-state index contributed by atoms with van der Waals surface area (Å²) in [7, 11) is 0. The molecular formula is C16H24N4O2S. The van der Waals surface area contributed by atoms with Crippen LogP contribution in [0, 0.1) is 0 Å². The number of ether oxygens (including phenoxy) is 1. The lowest BCUT2D eigenvalue weighted by atomic mass is 10.3. The lowest BCUT2D eigenvalue weighted by Crippen LogP contribution is -2.36. The average molecular weight is 336 g/mol. The first-order valence-corrected chi connectivity index (χ1v) is 9.04. The Labute approximate surface area is 140 Å². The van der Waals surface area contributed by atoms with Gasteiger partial charge in [0.2, 0.25) is 0 Å². The first-order chi connectivity index (χ1) is 11.2. The molecule has 2 aliphatic rings. The van der Waals surface area contributed by atoms with Crippen molar-refractivity contribution in [1.82, 2.24) is 14.9 Å². The fourth-order valence-corrected chi connectivity index (χ4v) is 3.67. The molecule has 2 aliphatic heterocycles. The summed E-state index contributed by atoms with van der Waals surface area (Å²) in [4.78, 5) is 18.9. The predicted octanol–water partition coefficient (Wildman–Crippen LogP) is 1.43. The topological polar surface area (TPSA) is 59.4 Å². The van der Waals surface area contributed by atoms with Gasteiger partial charge in [-0.1, -0.05) is 17.8 Å². The Kier molecular flexibility index (Phi) is 5.40. The molecule has 0 amide bonds. The highest BCUT2D eigenvalue weighted by molar-refractivity contribution is 8.03. The second-order valence-corrected chi connectivity index (χ2v) is 7.39. The van der Waals surface area contributed by atoms with E-state index in [2.05, 4.69) is 33.6 Å². The van der Waals surface area contributed by atoms with Crippen LogP contribution in [0.4, 0.5) is 5.82 Å². The van der Waals surface area contributed by atoms with Gasteiger partial charge in [0.05, 0.1) is 6.61 Å². The number of aromatic nitrogens is 2. The Balaban J connectivity index is 1.63. The van der Waals surface area contributed by atoms with Crippen LogP contribution in [-0.2, 0) is 11.3 Å². The smallest absolute Gasteiger partial charge is 0.293 e. The summed E-state index contributed by atoms with van der Waals surface area (Å²) >= 11 is 1.69. The largest absolute Gasteiger partial charge is 0.362 e. The van der Waals surface area contributed by atoms with Crippen LogP contribution < -0.4 is 15.8 Å². The van der Waals surface area contributed by atoms with Gasteiger partial charge >= 0.3 is 0 Å². The zero-order valence-corrected chi connectivity index (χ0v) is 14.3. The van der Waals surface area contributed by atoms with Crippen molar-refractivity contribution in [3.05, 3.63) is 34.2 Å².